The van der Waals surface area contributed by atoms with Gasteiger partial charge in [-0.25, -0.2) is 0 Å². The number of morpholine rings is 1. The minimum absolute atomic E-state index is 0.102. The van der Waals surface area contributed by atoms with E-state index in [2.05, 4.69) is 20.6 Å². The fourth-order valence-electron chi connectivity index (χ4n) is 3.43. The molecular formula is C16H27N5O2. The molecule has 7 heteroatoms. The fraction of sp³-hybridized carbons (Fsp3) is 0.750. The zero-order chi connectivity index (χ0) is 16.2. The summed E-state index contributed by atoms with van der Waals surface area (Å²) in [6, 6.07) is -0.102. The molecule has 128 valence electrons. The number of amides is 1. The highest BCUT2D eigenvalue weighted by Gasteiger charge is 2.24. The lowest BCUT2D eigenvalue weighted by atomic mass is 10.1. The summed E-state index contributed by atoms with van der Waals surface area (Å²) in [7, 11) is 1.99. The highest BCUT2D eigenvalue weighted by molar-refractivity contribution is 5.81. The van der Waals surface area contributed by atoms with Gasteiger partial charge >= 0.3 is 0 Å². The standard InChI is InChI=1S/C16H27N5O2/c1-12-13(11-18-14-5-3-4-6-17-15(14)22)16(20(2)19-12)21-7-9-23-10-8-21/h14,18H,3-11H2,1-2H3,(H,17,22). The Kier molecular flexibility index (Phi) is 5.17. The molecule has 1 aromatic rings. The third kappa shape index (κ3) is 3.67. The van der Waals surface area contributed by atoms with Gasteiger partial charge in [-0.1, -0.05) is 0 Å². The molecule has 2 N–H and O–H groups in total. The first-order valence-corrected chi connectivity index (χ1v) is 8.53. The Morgan fingerprint density at radius 1 is 1.35 bits per heavy atom. The summed E-state index contributed by atoms with van der Waals surface area (Å²) in [6.07, 6.45) is 3.05. The molecule has 0 radical (unpaired) electrons. The number of nitrogens with one attached hydrogen (secondary N) is 2. The van der Waals surface area contributed by atoms with E-state index in [9.17, 15) is 4.79 Å². The monoisotopic (exact) mass is 321 g/mol. The van der Waals surface area contributed by atoms with E-state index in [0.717, 1.165) is 63.6 Å². The largest absolute Gasteiger partial charge is 0.378 e. The number of ether oxygens (including phenoxy) is 1. The van der Waals surface area contributed by atoms with Crippen LogP contribution in [0.25, 0.3) is 0 Å². The Morgan fingerprint density at radius 3 is 2.91 bits per heavy atom. The molecule has 2 fully saturated rings. The van der Waals surface area contributed by atoms with E-state index in [1.165, 1.54) is 5.56 Å². The predicted octanol–water partition coefficient (Wildman–Crippen LogP) is 0.323. The molecule has 0 spiro atoms. The smallest absolute Gasteiger partial charge is 0.237 e. The second kappa shape index (κ2) is 7.31. The number of aryl methyl sites for hydroxylation is 2. The molecule has 3 rings (SSSR count). The lowest BCUT2D eigenvalue weighted by Gasteiger charge is -2.30. The van der Waals surface area contributed by atoms with Crippen molar-refractivity contribution in [3.05, 3.63) is 11.3 Å². The maximum absolute atomic E-state index is 12.1. The van der Waals surface area contributed by atoms with Gasteiger partial charge in [0.2, 0.25) is 5.91 Å². The number of hydrogen-bond donors (Lipinski definition) is 2. The van der Waals surface area contributed by atoms with Crippen molar-refractivity contribution in [2.45, 2.75) is 38.8 Å². The van der Waals surface area contributed by atoms with Crippen LogP contribution in [-0.4, -0.2) is 54.6 Å². The summed E-state index contributed by atoms with van der Waals surface area (Å²) in [5, 5.41) is 11.0. The minimum Gasteiger partial charge on any atom is -0.378 e. The van der Waals surface area contributed by atoms with Crippen LogP contribution in [0.1, 0.15) is 30.5 Å². The number of hydrogen-bond acceptors (Lipinski definition) is 5. The van der Waals surface area contributed by atoms with Crippen molar-refractivity contribution in [2.75, 3.05) is 37.7 Å². The zero-order valence-corrected chi connectivity index (χ0v) is 14.1. The van der Waals surface area contributed by atoms with Crippen molar-refractivity contribution in [3.63, 3.8) is 0 Å². The maximum atomic E-state index is 12.1. The number of aromatic nitrogens is 2. The number of carbonyl (C=O) groups is 1. The second-order valence-electron chi connectivity index (χ2n) is 6.33. The number of carbonyl (C=O) groups excluding carboxylic acids is 1. The number of nitrogens with zero attached hydrogens (tertiary/aromatic N) is 3. The molecule has 0 aliphatic carbocycles. The van der Waals surface area contributed by atoms with Crippen LogP contribution < -0.4 is 15.5 Å². The van der Waals surface area contributed by atoms with Gasteiger partial charge in [0.05, 0.1) is 24.9 Å². The Labute approximate surface area is 137 Å². The van der Waals surface area contributed by atoms with Gasteiger partial charge in [-0.2, -0.15) is 5.10 Å². The quantitative estimate of drug-likeness (QED) is 0.836. The highest BCUT2D eigenvalue weighted by Crippen LogP contribution is 2.24. The molecule has 2 saturated heterocycles. The number of rotatable bonds is 4. The van der Waals surface area contributed by atoms with E-state index in [-0.39, 0.29) is 11.9 Å². The average Bonchev–Trinajstić information content (AvgIpc) is 2.70. The number of anilines is 1. The Hall–Kier alpha value is -1.60. The van der Waals surface area contributed by atoms with Crippen LogP contribution in [0.15, 0.2) is 0 Å². The Morgan fingerprint density at radius 2 is 2.13 bits per heavy atom. The van der Waals surface area contributed by atoms with Gasteiger partial charge in [-0.15, -0.1) is 0 Å². The summed E-state index contributed by atoms with van der Waals surface area (Å²) in [5.41, 5.74) is 2.21. The topological polar surface area (TPSA) is 71.4 Å². The van der Waals surface area contributed by atoms with Crippen LogP contribution in [0.5, 0.6) is 0 Å². The average molecular weight is 321 g/mol. The van der Waals surface area contributed by atoms with Gasteiger partial charge in [0.15, 0.2) is 0 Å². The van der Waals surface area contributed by atoms with Crippen LogP contribution in [0.3, 0.4) is 0 Å². The molecule has 1 aromatic heterocycles. The zero-order valence-electron chi connectivity index (χ0n) is 14.1. The first-order chi connectivity index (χ1) is 11.2. The van der Waals surface area contributed by atoms with E-state index < -0.39 is 0 Å². The van der Waals surface area contributed by atoms with Crippen LogP contribution >= 0.6 is 0 Å². The first-order valence-electron chi connectivity index (χ1n) is 8.53. The van der Waals surface area contributed by atoms with Crippen molar-refractivity contribution < 1.29 is 9.53 Å². The van der Waals surface area contributed by atoms with E-state index in [0.29, 0.717) is 6.54 Å². The van der Waals surface area contributed by atoms with Crippen LogP contribution in [0, 0.1) is 6.92 Å². The van der Waals surface area contributed by atoms with Crippen LogP contribution in [0.2, 0.25) is 0 Å². The second-order valence-corrected chi connectivity index (χ2v) is 6.33. The van der Waals surface area contributed by atoms with Gasteiger partial charge in [-0.3, -0.25) is 9.48 Å². The van der Waals surface area contributed by atoms with E-state index in [4.69, 9.17) is 4.74 Å². The molecule has 1 atom stereocenters. The Balaban J connectivity index is 1.72. The summed E-state index contributed by atoms with van der Waals surface area (Å²) in [4.78, 5) is 14.4. The molecule has 2 aliphatic rings. The van der Waals surface area contributed by atoms with Crippen molar-refractivity contribution in [1.82, 2.24) is 20.4 Å². The third-order valence-corrected chi connectivity index (χ3v) is 4.68. The molecule has 0 aromatic carbocycles. The van der Waals surface area contributed by atoms with E-state index >= 15 is 0 Å². The highest BCUT2D eigenvalue weighted by atomic mass is 16.5. The third-order valence-electron chi connectivity index (χ3n) is 4.68. The molecule has 1 amide bonds. The van der Waals surface area contributed by atoms with Crippen molar-refractivity contribution in [1.29, 1.82) is 0 Å². The maximum Gasteiger partial charge on any atom is 0.237 e. The van der Waals surface area contributed by atoms with Gasteiger partial charge < -0.3 is 20.3 Å². The van der Waals surface area contributed by atoms with Crippen molar-refractivity contribution in [2.24, 2.45) is 7.05 Å². The van der Waals surface area contributed by atoms with Crippen LogP contribution in [-0.2, 0) is 23.1 Å². The summed E-state index contributed by atoms with van der Waals surface area (Å²) < 4.78 is 7.40. The molecule has 0 saturated carbocycles. The molecule has 7 nitrogen and oxygen atoms in total. The van der Waals surface area contributed by atoms with Gasteiger partial charge in [0.25, 0.3) is 0 Å². The van der Waals surface area contributed by atoms with Crippen molar-refractivity contribution in [3.8, 4) is 0 Å². The SMILES string of the molecule is Cc1nn(C)c(N2CCOCC2)c1CNC1CCCCNC1=O. The van der Waals surface area contributed by atoms with Gasteiger partial charge in [-0.05, 0) is 26.2 Å². The predicted molar refractivity (Wildman–Crippen MR) is 88.5 cm³/mol. The fourth-order valence-corrected chi connectivity index (χ4v) is 3.43. The molecule has 1 unspecified atom stereocenters. The summed E-state index contributed by atoms with van der Waals surface area (Å²) in [6.45, 7) is 6.77. The normalized spacial score (nSPS) is 22.8. The molecule has 3 heterocycles. The lowest BCUT2D eigenvalue weighted by molar-refractivity contribution is -0.122. The van der Waals surface area contributed by atoms with E-state index in [1.54, 1.807) is 0 Å². The van der Waals surface area contributed by atoms with Gasteiger partial charge in [0.1, 0.15) is 5.82 Å². The molecule has 2 aliphatic heterocycles. The van der Waals surface area contributed by atoms with Crippen molar-refractivity contribution >= 4 is 11.7 Å². The molecule has 23 heavy (non-hydrogen) atoms. The van der Waals surface area contributed by atoms with E-state index in [1.807, 2.05) is 18.7 Å². The lowest BCUT2D eigenvalue weighted by Crippen LogP contribution is -2.43. The summed E-state index contributed by atoms with van der Waals surface area (Å²) >= 11 is 0. The Bertz CT molecular complexity index is 551. The van der Waals surface area contributed by atoms with Crippen LogP contribution in [0.4, 0.5) is 5.82 Å². The summed E-state index contributed by atoms with van der Waals surface area (Å²) in [5.74, 6) is 1.27. The molecule has 0 bridgehead atoms. The first kappa shape index (κ1) is 16.3. The van der Waals surface area contributed by atoms with Gasteiger partial charge in [0, 0.05) is 38.8 Å². The minimum atomic E-state index is -0.102. The molecular weight excluding hydrogens is 294 g/mol.